The van der Waals surface area contributed by atoms with Crippen LogP contribution in [0.1, 0.15) is 10.9 Å². The first kappa shape index (κ1) is 22.8. The van der Waals surface area contributed by atoms with Crippen molar-refractivity contribution in [2.75, 3.05) is 22.6 Å². The molecule has 1 N–H and O–H groups in total. The predicted molar refractivity (Wildman–Crippen MR) is 131 cm³/mol. The summed E-state index contributed by atoms with van der Waals surface area (Å²) >= 11 is 19.8. The summed E-state index contributed by atoms with van der Waals surface area (Å²) < 4.78 is 5.59. The van der Waals surface area contributed by atoms with Crippen molar-refractivity contribution in [1.82, 2.24) is 0 Å². The molecule has 0 spiro atoms. The maximum absolute atomic E-state index is 12.5. The van der Waals surface area contributed by atoms with Crippen LogP contribution in [0.4, 0.5) is 11.4 Å². The van der Waals surface area contributed by atoms with Crippen molar-refractivity contribution < 1.29 is 14.3 Å². The Kier molecular flexibility index (Phi) is 7.16. The van der Waals surface area contributed by atoms with Crippen molar-refractivity contribution in [1.29, 1.82) is 0 Å². The number of thioether (sulfide) groups is 1. The number of hydrogen-bond acceptors (Lipinski definition) is 4. The Morgan fingerprint density at radius 3 is 2.31 bits per heavy atom. The molecule has 3 aromatic rings. The van der Waals surface area contributed by atoms with Crippen LogP contribution in [0.15, 0.2) is 66.7 Å². The van der Waals surface area contributed by atoms with Gasteiger partial charge in [0.15, 0.2) is 6.61 Å². The van der Waals surface area contributed by atoms with E-state index in [1.807, 2.05) is 18.2 Å². The minimum atomic E-state index is -0.321. The SMILES string of the molecule is O=C(COc1ccc([C@@H]2SCC(=O)N2c2ccc(Cl)cc2)cc1Cl)Nc1ccc(Cl)cc1. The molecule has 164 valence electrons. The van der Waals surface area contributed by atoms with Crippen LogP contribution in [0.5, 0.6) is 5.75 Å². The molecule has 1 aliphatic heterocycles. The first-order valence-corrected chi connectivity index (χ1v) is 11.8. The highest BCUT2D eigenvalue weighted by atomic mass is 35.5. The van der Waals surface area contributed by atoms with Gasteiger partial charge in [0, 0.05) is 21.4 Å². The van der Waals surface area contributed by atoms with E-state index in [0.29, 0.717) is 32.3 Å². The molecule has 1 aliphatic rings. The van der Waals surface area contributed by atoms with Crippen LogP contribution in [-0.2, 0) is 9.59 Å². The Morgan fingerprint density at radius 1 is 1.00 bits per heavy atom. The van der Waals surface area contributed by atoms with Gasteiger partial charge in [-0.2, -0.15) is 0 Å². The molecule has 1 saturated heterocycles. The van der Waals surface area contributed by atoms with Gasteiger partial charge in [0.25, 0.3) is 5.91 Å². The highest BCUT2D eigenvalue weighted by Crippen LogP contribution is 2.43. The summed E-state index contributed by atoms with van der Waals surface area (Å²) in [6.45, 7) is -0.199. The molecule has 1 heterocycles. The molecule has 9 heteroatoms. The zero-order valence-electron chi connectivity index (χ0n) is 16.6. The molecule has 0 unspecified atom stereocenters. The van der Waals surface area contributed by atoms with E-state index in [2.05, 4.69) is 5.32 Å². The van der Waals surface area contributed by atoms with E-state index >= 15 is 0 Å². The van der Waals surface area contributed by atoms with Crippen molar-refractivity contribution >= 4 is 69.8 Å². The second-order valence-corrected chi connectivity index (χ2v) is 9.29. The number of amides is 2. The van der Waals surface area contributed by atoms with Gasteiger partial charge in [-0.1, -0.05) is 40.9 Å². The van der Waals surface area contributed by atoms with E-state index in [9.17, 15) is 9.59 Å². The van der Waals surface area contributed by atoms with Gasteiger partial charge in [-0.3, -0.25) is 14.5 Å². The molecule has 5 nitrogen and oxygen atoms in total. The van der Waals surface area contributed by atoms with Gasteiger partial charge in [-0.25, -0.2) is 0 Å². The van der Waals surface area contributed by atoms with Crippen LogP contribution in [-0.4, -0.2) is 24.2 Å². The molecule has 0 radical (unpaired) electrons. The summed E-state index contributed by atoms with van der Waals surface area (Å²) in [5, 5.41) is 4.06. The average Bonchev–Trinajstić information content (AvgIpc) is 3.16. The summed E-state index contributed by atoms with van der Waals surface area (Å²) in [5.74, 6) is 0.443. The van der Waals surface area contributed by atoms with E-state index in [0.717, 1.165) is 11.3 Å². The second-order valence-electron chi connectivity index (χ2n) is 6.94. The van der Waals surface area contributed by atoms with Crippen LogP contribution < -0.4 is 15.0 Å². The average molecular weight is 508 g/mol. The Balaban J connectivity index is 1.43. The third kappa shape index (κ3) is 5.33. The molecule has 0 bridgehead atoms. The number of rotatable bonds is 6. The zero-order chi connectivity index (χ0) is 22.7. The lowest BCUT2D eigenvalue weighted by Gasteiger charge is -2.25. The number of nitrogens with zero attached hydrogens (tertiary/aromatic N) is 1. The molecular weight excluding hydrogens is 491 g/mol. The Labute approximate surface area is 204 Å². The number of carbonyl (C=O) groups is 2. The van der Waals surface area contributed by atoms with Crippen molar-refractivity contribution in [3.8, 4) is 5.75 Å². The standard InChI is InChI=1S/C23H17Cl3N2O3S/c24-15-2-6-17(7-3-15)27-21(29)12-31-20-10-1-14(11-19(20)26)23-28(22(30)13-32-23)18-8-4-16(25)5-9-18/h1-11,23H,12-13H2,(H,27,29)/t23-/m0/s1. The molecule has 3 aromatic carbocycles. The largest absolute Gasteiger partial charge is 0.482 e. The Hall–Kier alpha value is -2.38. The number of nitrogens with one attached hydrogen (secondary N) is 1. The number of benzene rings is 3. The summed E-state index contributed by atoms with van der Waals surface area (Å²) in [7, 11) is 0. The number of anilines is 2. The zero-order valence-corrected chi connectivity index (χ0v) is 19.6. The van der Waals surface area contributed by atoms with Gasteiger partial charge in [-0.15, -0.1) is 11.8 Å². The monoisotopic (exact) mass is 506 g/mol. The Morgan fingerprint density at radius 2 is 1.66 bits per heavy atom. The third-order valence-electron chi connectivity index (χ3n) is 4.70. The summed E-state index contributed by atoms with van der Waals surface area (Å²) in [6, 6.07) is 19.2. The normalized spacial score (nSPS) is 15.7. The van der Waals surface area contributed by atoms with Gasteiger partial charge in [0.2, 0.25) is 5.91 Å². The number of carbonyl (C=O) groups excluding carboxylic acids is 2. The van der Waals surface area contributed by atoms with Gasteiger partial charge >= 0.3 is 0 Å². The van der Waals surface area contributed by atoms with Crippen LogP contribution in [0.25, 0.3) is 0 Å². The lowest BCUT2D eigenvalue weighted by Crippen LogP contribution is -2.27. The molecule has 32 heavy (non-hydrogen) atoms. The van der Waals surface area contributed by atoms with Crippen molar-refractivity contribution in [3.63, 3.8) is 0 Å². The molecule has 1 atom stereocenters. The minimum Gasteiger partial charge on any atom is -0.482 e. The maximum Gasteiger partial charge on any atom is 0.262 e. The van der Waals surface area contributed by atoms with Crippen molar-refractivity contribution in [2.24, 2.45) is 0 Å². The minimum absolute atomic E-state index is 0.0117. The van der Waals surface area contributed by atoms with E-state index in [1.54, 1.807) is 53.4 Å². The maximum atomic E-state index is 12.5. The first-order chi connectivity index (χ1) is 15.4. The molecule has 0 aliphatic carbocycles. The van der Waals surface area contributed by atoms with Crippen LogP contribution in [0.2, 0.25) is 15.1 Å². The van der Waals surface area contributed by atoms with Crippen molar-refractivity contribution in [3.05, 3.63) is 87.4 Å². The fourth-order valence-electron chi connectivity index (χ4n) is 3.21. The lowest BCUT2D eigenvalue weighted by atomic mass is 10.1. The Bertz CT molecular complexity index is 1140. The first-order valence-electron chi connectivity index (χ1n) is 9.57. The lowest BCUT2D eigenvalue weighted by molar-refractivity contribution is -0.118. The molecule has 2 amide bonds. The molecule has 0 aromatic heterocycles. The predicted octanol–water partition coefficient (Wildman–Crippen LogP) is 6.44. The fraction of sp³-hybridized carbons (Fsp3) is 0.130. The summed E-state index contributed by atoms with van der Waals surface area (Å²) in [4.78, 5) is 26.4. The number of hydrogen-bond donors (Lipinski definition) is 1. The van der Waals surface area contributed by atoms with Gasteiger partial charge in [0.1, 0.15) is 11.1 Å². The second kappa shape index (κ2) is 10.0. The van der Waals surface area contributed by atoms with Gasteiger partial charge < -0.3 is 10.1 Å². The van der Waals surface area contributed by atoms with Gasteiger partial charge in [0.05, 0.1) is 10.8 Å². The fourth-order valence-corrected chi connectivity index (χ4v) is 4.88. The highest BCUT2D eigenvalue weighted by Gasteiger charge is 2.34. The third-order valence-corrected chi connectivity index (χ3v) is 6.71. The molecule has 4 rings (SSSR count). The quantitative estimate of drug-likeness (QED) is 0.417. The van der Waals surface area contributed by atoms with Crippen LogP contribution in [0, 0.1) is 0 Å². The number of ether oxygens (including phenoxy) is 1. The summed E-state index contributed by atoms with van der Waals surface area (Å²) in [6.07, 6.45) is 0. The van der Waals surface area contributed by atoms with Crippen molar-refractivity contribution in [2.45, 2.75) is 5.37 Å². The molecular formula is C23H17Cl3N2O3S. The van der Waals surface area contributed by atoms with Crippen LogP contribution in [0.3, 0.4) is 0 Å². The number of halogens is 3. The van der Waals surface area contributed by atoms with Crippen LogP contribution >= 0.6 is 46.6 Å². The topological polar surface area (TPSA) is 58.6 Å². The molecule has 0 saturated carbocycles. The van der Waals surface area contributed by atoms with E-state index in [-0.39, 0.29) is 23.8 Å². The van der Waals surface area contributed by atoms with Gasteiger partial charge in [-0.05, 0) is 66.2 Å². The smallest absolute Gasteiger partial charge is 0.262 e. The highest BCUT2D eigenvalue weighted by molar-refractivity contribution is 8.00. The van der Waals surface area contributed by atoms with E-state index < -0.39 is 0 Å². The van der Waals surface area contributed by atoms with E-state index in [4.69, 9.17) is 39.5 Å². The summed E-state index contributed by atoms with van der Waals surface area (Å²) in [5.41, 5.74) is 2.25. The molecule has 1 fully saturated rings. The van der Waals surface area contributed by atoms with E-state index in [1.165, 1.54) is 11.8 Å².